The van der Waals surface area contributed by atoms with Gasteiger partial charge >= 0.3 is 12.1 Å². The number of hydrogen-bond donors (Lipinski definition) is 0. The molecule has 0 fully saturated rings. The number of nitrogens with zero attached hydrogens (tertiary/aromatic N) is 3. The molecule has 2 aromatic carbocycles. The average Bonchev–Trinajstić information content (AvgIpc) is 2.78. The summed E-state index contributed by atoms with van der Waals surface area (Å²) in [5.74, 6) is 0.0646. The van der Waals surface area contributed by atoms with Gasteiger partial charge in [0.25, 0.3) is 5.69 Å². The first-order chi connectivity index (χ1) is 14.5. The van der Waals surface area contributed by atoms with E-state index in [4.69, 9.17) is 4.74 Å². The maximum Gasteiger partial charge on any atom is 0.421 e. The summed E-state index contributed by atoms with van der Waals surface area (Å²) >= 11 is 0. The number of nitro benzene ring substituents is 1. The molecule has 0 saturated carbocycles. The molecule has 9 nitrogen and oxygen atoms in total. The fourth-order valence-corrected chi connectivity index (χ4v) is 2.59. The SMILES string of the molecule is COC(=O)c1ccc(CN(C(=O)Oc2ccc([N+](=O)[O-])cc2)c2ccccn2)cc1. The quantitative estimate of drug-likeness (QED) is 0.345. The van der Waals surface area contributed by atoms with Crippen LogP contribution in [0.25, 0.3) is 0 Å². The van der Waals surface area contributed by atoms with Crippen LogP contribution in [0.15, 0.2) is 72.9 Å². The van der Waals surface area contributed by atoms with Crippen LogP contribution < -0.4 is 9.64 Å². The van der Waals surface area contributed by atoms with Crippen LogP contribution in [0.3, 0.4) is 0 Å². The van der Waals surface area contributed by atoms with Gasteiger partial charge in [0, 0.05) is 18.3 Å². The zero-order chi connectivity index (χ0) is 21.5. The van der Waals surface area contributed by atoms with Gasteiger partial charge < -0.3 is 9.47 Å². The van der Waals surface area contributed by atoms with E-state index < -0.39 is 17.0 Å². The van der Waals surface area contributed by atoms with Crippen molar-refractivity contribution in [3.8, 4) is 5.75 Å². The number of benzene rings is 2. The van der Waals surface area contributed by atoms with E-state index in [1.807, 2.05) is 0 Å². The summed E-state index contributed by atoms with van der Waals surface area (Å²) in [5, 5.41) is 10.8. The molecule has 1 amide bonds. The minimum absolute atomic E-state index is 0.109. The Kier molecular flexibility index (Phi) is 6.33. The predicted molar refractivity (Wildman–Crippen MR) is 107 cm³/mol. The van der Waals surface area contributed by atoms with Gasteiger partial charge in [-0.15, -0.1) is 0 Å². The summed E-state index contributed by atoms with van der Waals surface area (Å²) < 4.78 is 10.0. The van der Waals surface area contributed by atoms with Crippen molar-refractivity contribution in [1.29, 1.82) is 0 Å². The largest absolute Gasteiger partial charge is 0.465 e. The second-order valence-electron chi connectivity index (χ2n) is 6.08. The second kappa shape index (κ2) is 9.28. The van der Waals surface area contributed by atoms with E-state index in [9.17, 15) is 19.7 Å². The molecule has 0 saturated heterocycles. The molecule has 0 aliphatic carbocycles. The predicted octanol–water partition coefficient (Wildman–Crippen LogP) is 3.98. The minimum atomic E-state index is -0.709. The van der Waals surface area contributed by atoms with Crippen molar-refractivity contribution < 1.29 is 24.0 Å². The van der Waals surface area contributed by atoms with Crippen LogP contribution in [0.5, 0.6) is 5.75 Å². The third-order valence-electron chi connectivity index (χ3n) is 4.11. The summed E-state index contributed by atoms with van der Waals surface area (Å²) in [5.41, 5.74) is 1.01. The number of carbonyl (C=O) groups excluding carboxylic acids is 2. The maximum absolute atomic E-state index is 12.8. The van der Waals surface area contributed by atoms with Gasteiger partial charge in [-0.25, -0.2) is 14.6 Å². The van der Waals surface area contributed by atoms with Crippen molar-refractivity contribution in [2.24, 2.45) is 0 Å². The molecule has 0 bridgehead atoms. The summed E-state index contributed by atoms with van der Waals surface area (Å²) in [6, 6.07) is 16.9. The highest BCUT2D eigenvalue weighted by Gasteiger charge is 2.20. The van der Waals surface area contributed by atoms with Crippen LogP contribution in [-0.2, 0) is 11.3 Å². The summed E-state index contributed by atoms with van der Waals surface area (Å²) in [6.45, 7) is 0.129. The first-order valence-corrected chi connectivity index (χ1v) is 8.80. The molecule has 0 aliphatic rings. The molecule has 3 rings (SSSR count). The molecule has 0 unspecified atom stereocenters. The van der Waals surface area contributed by atoms with E-state index in [2.05, 4.69) is 9.72 Å². The molecule has 30 heavy (non-hydrogen) atoms. The van der Waals surface area contributed by atoms with Crippen molar-refractivity contribution in [1.82, 2.24) is 4.98 Å². The number of rotatable bonds is 6. The molecule has 1 aromatic heterocycles. The number of non-ortho nitro benzene ring substituents is 1. The van der Waals surface area contributed by atoms with Crippen molar-refractivity contribution in [2.75, 3.05) is 12.0 Å². The maximum atomic E-state index is 12.8. The van der Waals surface area contributed by atoms with Crippen LogP contribution >= 0.6 is 0 Å². The van der Waals surface area contributed by atoms with Crippen LogP contribution in [0.1, 0.15) is 15.9 Å². The van der Waals surface area contributed by atoms with E-state index in [1.165, 1.54) is 36.3 Å². The molecule has 3 aromatic rings. The van der Waals surface area contributed by atoms with Crippen LogP contribution in [0, 0.1) is 10.1 Å². The lowest BCUT2D eigenvalue weighted by molar-refractivity contribution is -0.384. The molecular weight excluding hydrogens is 390 g/mol. The zero-order valence-electron chi connectivity index (χ0n) is 15.9. The number of hydrogen-bond acceptors (Lipinski definition) is 7. The van der Waals surface area contributed by atoms with E-state index in [1.54, 1.807) is 48.7 Å². The van der Waals surface area contributed by atoms with Gasteiger partial charge in [-0.3, -0.25) is 15.0 Å². The van der Waals surface area contributed by atoms with Crippen LogP contribution in [-0.4, -0.2) is 29.1 Å². The van der Waals surface area contributed by atoms with Crippen molar-refractivity contribution >= 4 is 23.6 Å². The minimum Gasteiger partial charge on any atom is -0.465 e. The summed E-state index contributed by atoms with van der Waals surface area (Å²) in [7, 11) is 1.30. The molecule has 0 aliphatic heterocycles. The molecule has 9 heteroatoms. The summed E-state index contributed by atoms with van der Waals surface area (Å²) in [4.78, 5) is 40.1. The lowest BCUT2D eigenvalue weighted by Crippen LogP contribution is -2.33. The standard InChI is InChI=1S/C21H17N3O6/c1-29-20(25)16-7-5-15(6-8-16)14-23(19-4-2-3-13-22-19)21(26)30-18-11-9-17(10-12-18)24(27)28/h2-13H,14H2,1H3. The number of anilines is 1. The summed E-state index contributed by atoms with van der Waals surface area (Å²) in [6.07, 6.45) is 0.835. The highest BCUT2D eigenvalue weighted by Crippen LogP contribution is 2.21. The number of ether oxygens (including phenoxy) is 2. The molecular formula is C21H17N3O6. The Bertz CT molecular complexity index is 1040. The Morgan fingerprint density at radius 3 is 2.30 bits per heavy atom. The Hall–Kier alpha value is -4.27. The van der Waals surface area contributed by atoms with Gasteiger partial charge in [-0.1, -0.05) is 18.2 Å². The average molecular weight is 407 g/mol. The topological polar surface area (TPSA) is 112 Å². The molecule has 0 N–H and O–H groups in total. The van der Waals surface area contributed by atoms with Gasteiger partial charge in [0.15, 0.2) is 0 Å². The first-order valence-electron chi connectivity index (χ1n) is 8.80. The van der Waals surface area contributed by atoms with Crippen LogP contribution in [0.4, 0.5) is 16.3 Å². The van der Waals surface area contributed by atoms with Crippen molar-refractivity contribution in [2.45, 2.75) is 6.54 Å². The Labute approximate surface area is 171 Å². The van der Waals surface area contributed by atoms with Gasteiger partial charge in [-0.2, -0.15) is 0 Å². The Morgan fingerprint density at radius 2 is 1.73 bits per heavy atom. The highest BCUT2D eigenvalue weighted by molar-refractivity contribution is 5.90. The number of esters is 1. The van der Waals surface area contributed by atoms with Gasteiger partial charge in [-0.05, 0) is 42.0 Å². The zero-order valence-corrected chi connectivity index (χ0v) is 15.9. The van der Waals surface area contributed by atoms with Crippen molar-refractivity contribution in [3.05, 3.63) is 94.2 Å². The number of pyridine rings is 1. The van der Waals surface area contributed by atoms with Gasteiger partial charge in [0.1, 0.15) is 11.6 Å². The lowest BCUT2D eigenvalue weighted by Gasteiger charge is -2.21. The molecule has 0 atom stereocenters. The molecule has 152 valence electrons. The third-order valence-corrected chi connectivity index (χ3v) is 4.11. The fraction of sp³-hybridized carbons (Fsp3) is 0.0952. The first kappa shape index (κ1) is 20.5. The second-order valence-corrected chi connectivity index (χ2v) is 6.08. The van der Waals surface area contributed by atoms with Gasteiger partial charge in [0.2, 0.25) is 0 Å². The number of carbonyl (C=O) groups is 2. The third kappa shape index (κ3) is 4.96. The molecule has 1 heterocycles. The molecule has 0 radical (unpaired) electrons. The van der Waals surface area contributed by atoms with E-state index in [0.717, 1.165) is 5.56 Å². The van der Waals surface area contributed by atoms with Gasteiger partial charge in [0.05, 0.1) is 24.1 Å². The monoisotopic (exact) mass is 407 g/mol. The van der Waals surface area contributed by atoms with E-state index in [0.29, 0.717) is 11.4 Å². The Morgan fingerprint density at radius 1 is 1.03 bits per heavy atom. The highest BCUT2D eigenvalue weighted by atomic mass is 16.6. The smallest absolute Gasteiger partial charge is 0.421 e. The van der Waals surface area contributed by atoms with Crippen LogP contribution in [0.2, 0.25) is 0 Å². The number of methoxy groups -OCH3 is 1. The normalized spacial score (nSPS) is 10.2. The number of aromatic nitrogens is 1. The number of amides is 1. The Balaban J connectivity index is 1.81. The van der Waals surface area contributed by atoms with E-state index >= 15 is 0 Å². The molecule has 0 spiro atoms. The fourth-order valence-electron chi connectivity index (χ4n) is 2.59. The van der Waals surface area contributed by atoms with Crippen molar-refractivity contribution in [3.63, 3.8) is 0 Å². The lowest BCUT2D eigenvalue weighted by atomic mass is 10.1. The van der Waals surface area contributed by atoms with E-state index in [-0.39, 0.29) is 18.0 Å². The number of nitro groups is 1.